The summed E-state index contributed by atoms with van der Waals surface area (Å²) in [6.07, 6.45) is -4.03. The van der Waals surface area contributed by atoms with Crippen molar-refractivity contribution in [2.24, 2.45) is 5.10 Å². The van der Waals surface area contributed by atoms with Crippen LogP contribution < -0.4 is 10.2 Å². The van der Waals surface area contributed by atoms with Gasteiger partial charge in [-0.15, -0.1) is 0 Å². The molecular formula is C13H11F3N4O2. The van der Waals surface area contributed by atoms with Crippen molar-refractivity contribution in [1.82, 2.24) is 15.4 Å². The maximum absolute atomic E-state index is 12.9. The molecule has 0 spiro atoms. The van der Waals surface area contributed by atoms with Gasteiger partial charge in [0.05, 0.1) is 12.8 Å². The zero-order valence-corrected chi connectivity index (χ0v) is 11.4. The summed E-state index contributed by atoms with van der Waals surface area (Å²) in [6.45, 7) is 0. The molecule has 0 bridgehead atoms. The number of benzene rings is 1. The van der Waals surface area contributed by atoms with Gasteiger partial charge >= 0.3 is 6.18 Å². The predicted octanol–water partition coefficient (Wildman–Crippen LogP) is 2.20. The first-order valence-electron chi connectivity index (χ1n) is 6.40. The van der Waals surface area contributed by atoms with E-state index in [1.165, 1.54) is 13.2 Å². The van der Waals surface area contributed by atoms with Crippen molar-refractivity contribution in [3.05, 3.63) is 23.5 Å². The highest BCUT2D eigenvalue weighted by Gasteiger charge is 2.35. The Morgan fingerprint density at radius 1 is 1.27 bits per heavy atom. The van der Waals surface area contributed by atoms with Gasteiger partial charge in [0.1, 0.15) is 16.8 Å². The molecule has 0 aliphatic carbocycles. The third-order valence-electron chi connectivity index (χ3n) is 3.31. The van der Waals surface area contributed by atoms with Crippen molar-refractivity contribution in [3.63, 3.8) is 0 Å². The molecule has 9 heteroatoms. The molecule has 22 heavy (non-hydrogen) atoms. The molecule has 1 aliphatic heterocycles. The monoisotopic (exact) mass is 312 g/mol. The molecule has 0 fully saturated rings. The standard InChI is InChI=1S/C13H11F3N4O2/c1-22-8-4-2-6(7-3-5-9(21)20-19-7)10-11(8)18-12(17-10)13(14,15)16/h2,4H,3,5H2,1H3,(H,17,18)(H,20,21). The fourth-order valence-electron chi connectivity index (χ4n) is 2.27. The van der Waals surface area contributed by atoms with Gasteiger partial charge in [0, 0.05) is 18.4 Å². The van der Waals surface area contributed by atoms with E-state index in [-0.39, 0.29) is 29.1 Å². The van der Waals surface area contributed by atoms with E-state index in [1.807, 2.05) is 0 Å². The molecule has 1 aromatic heterocycles. The second-order valence-electron chi connectivity index (χ2n) is 4.72. The first kappa shape index (κ1) is 14.4. The number of aromatic amines is 1. The third kappa shape index (κ3) is 2.38. The topological polar surface area (TPSA) is 79.4 Å². The van der Waals surface area contributed by atoms with Crippen LogP contribution in [0.3, 0.4) is 0 Å². The fourth-order valence-corrected chi connectivity index (χ4v) is 2.27. The Hall–Kier alpha value is -2.58. The van der Waals surface area contributed by atoms with E-state index in [0.29, 0.717) is 17.7 Å². The highest BCUT2D eigenvalue weighted by Crippen LogP contribution is 2.33. The number of alkyl halides is 3. The molecule has 0 radical (unpaired) electrons. The number of hydrogen-bond acceptors (Lipinski definition) is 4. The minimum atomic E-state index is -4.59. The Morgan fingerprint density at radius 3 is 2.64 bits per heavy atom. The summed E-state index contributed by atoms with van der Waals surface area (Å²) in [5.41, 5.74) is 3.49. The molecular weight excluding hydrogens is 301 g/mol. The molecule has 1 amide bonds. The maximum atomic E-state index is 12.9. The van der Waals surface area contributed by atoms with Crippen molar-refractivity contribution in [3.8, 4) is 5.75 Å². The van der Waals surface area contributed by atoms with E-state index >= 15 is 0 Å². The Labute approximate surface area is 122 Å². The van der Waals surface area contributed by atoms with Crippen LogP contribution in [0.25, 0.3) is 11.0 Å². The minimum Gasteiger partial charge on any atom is -0.494 e. The van der Waals surface area contributed by atoms with Crippen LogP contribution in [0.2, 0.25) is 0 Å². The number of amides is 1. The molecule has 1 aromatic carbocycles. The van der Waals surface area contributed by atoms with Crippen LogP contribution in [0.5, 0.6) is 5.75 Å². The average molecular weight is 312 g/mol. The lowest BCUT2D eigenvalue weighted by molar-refractivity contribution is -0.144. The lowest BCUT2D eigenvalue weighted by Crippen LogP contribution is -2.26. The van der Waals surface area contributed by atoms with Crippen molar-refractivity contribution >= 4 is 22.7 Å². The van der Waals surface area contributed by atoms with Crippen molar-refractivity contribution in [2.45, 2.75) is 19.0 Å². The number of rotatable bonds is 2. The van der Waals surface area contributed by atoms with Crippen molar-refractivity contribution < 1.29 is 22.7 Å². The number of hydrogen-bond donors (Lipinski definition) is 2. The number of carbonyl (C=O) groups is 1. The Balaban J connectivity index is 2.19. The molecule has 116 valence electrons. The Kier molecular flexibility index (Phi) is 3.27. The zero-order valence-electron chi connectivity index (χ0n) is 11.4. The van der Waals surface area contributed by atoms with Crippen molar-refractivity contribution in [1.29, 1.82) is 0 Å². The summed E-state index contributed by atoms with van der Waals surface area (Å²) in [5.74, 6) is -1.08. The number of carbonyl (C=O) groups excluding carboxylic acids is 1. The highest BCUT2D eigenvalue weighted by atomic mass is 19.4. The number of nitrogens with zero attached hydrogens (tertiary/aromatic N) is 2. The number of nitrogens with one attached hydrogen (secondary N) is 2. The van der Waals surface area contributed by atoms with Gasteiger partial charge in [-0.2, -0.15) is 18.3 Å². The van der Waals surface area contributed by atoms with Crippen LogP contribution in [-0.4, -0.2) is 28.7 Å². The summed E-state index contributed by atoms with van der Waals surface area (Å²) in [7, 11) is 1.36. The van der Waals surface area contributed by atoms with Gasteiger partial charge in [0.2, 0.25) is 11.7 Å². The normalized spacial score (nSPS) is 15.6. The summed E-state index contributed by atoms with van der Waals surface area (Å²) >= 11 is 0. The molecule has 3 rings (SSSR count). The molecule has 2 aromatic rings. The summed E-state index contributed by atoms with van der Waals surface area (Å²) in [6, 6.07) is 3.12. The van der Waals surface area contributed by atoms with Crippen LogP contribution in [0.15, 0.2) is 17.2 Å². The number of hydrazone groups is 1. The van der Waals surface area contributed by atoms with E-state index in [2.05, 4.69) is 20.5 Å². The molecule has 0 saturated heterocycles. The van der Waals surface area contributed by atoms with Gasteiger partial charge in [-0.25, -0.2) is 10.4 Å². The number of fused-ring (bicyclic) bond motifs is 1. The van der Waals surface area contributed by atoms with E-state index < -0.39 is 12.0 Å². The molecule has 2 N–H and O–H groups in total. The molecule has 1 aliphatic rings. The quantitative estimate of drug-likeness (QED) is 0.892. The molecule has 0 unspecified atom stereocenters. The molecule has 2 heterocycles. The number of H-pyrrole nitrogens is 1. The highest BCUT2D eigenvalue weighted by molar-refractivity contribution is 6.12. The van der Waals surface area contributed by atoms with E-state index in [0.717, 1.165) is 0 Å². The van der Waals surface area contributed by atoms with E-state index in [1.54, 1.807) is 6.07 Å². The predicted molar refractivity (Wildman–Crippen MR) is 71.6 cm³/mol. The van der Waals surface area contributed by atoms with Gasteiger partial charge in [0.15, 0.2) is 0 Å². The molecule has 0 atom stereocenters. The van der Waals surface area contributed by atoms with Gasteiger partial charge in [-0.05, 0) is 12.1 Å². The van der Waals surface area contributed by atoms with Crippen molar-refractivity contribution in [2.75, 3.05) is 7.11 Å². The summed E-state index contributed by atoms with van der Waals surface area (Å²) in [5, 5.41) is 3.90. The lowest BCUT2D eigenvalue weighted by Gasteiger charge is -2.13. The maximum Gasteiger partial charge on any atom is 0.449 e. The second-order valence-corrected chi connectivity index (χ2v) is 4.72. The first-order valence-corrected chi connectivity index (χ1v) is 6.40. The van der Waals surface area contributed by atoms with E-state index in [9.17, 15) is 18.0 Å². The number of halogens is 3. The Bertz CT molecular complexity index is 779. The first-order chi connectivity index (χ1) is 10.4. The second kappa shape index (κ2) is 5.00. The number of ether oxygens (including phenoxy) is 1. The van der Waals surface area contributed by atoms with Crippen LogP contribution in [-0.2, 0) is 11.0 Å². The van der Waals surface area contributed by atoms with Crippen LogP contribution in [0.1, 0.15) is 24.2 Å². The fraction of sp³-hybridized carbons (Fsp3) is 0.308. The smallest absolute Gasteiger partial charge is 0.449 e. The number of methoxy groups -OCH3 is 1. The summed E-state index contributed by atoms with van der Waals surface area (Å²) < 4.78 is 43.7. The zero-order chi connectivity index (χ0) is 15.9. The van der Waals surface area contributed by atoms with Crippen LogP contribution in [0, 0.1) is 0 Å². The molecule has 0 saturated carbocycles. The largest absolute Gasteiger partial charge is 0.494 e. The Morgan fingerprint density at radius 2 is 2.05 bits per heavy atom. The van der Waals surface area contributed by atoms with Crippen LogP contribution >= 0.6 is 0 Å². The number of aromatic nitrogens is 2. The van der Waals surface area contributed by atoms with Gasteiger partial charge in [0.25, 0.3) is 0 Å². The minimum absolute atomic E-state index is 0.113. The third-order valence-corrected chi connectivity index (χ3v) is 3.31. The van der Waals surface area contributed by atoms with Gasteiger partial charge in [-0.1, -0.05) is 0 Å². The van der Waals surface area contributed by atoms with Gasteiger partial charge in [-0.3, -0.25) is 4.79 Å². The number of imidazole rings is 1. The van der Waals surface area contributed by atoms with E-state index in [4.69, 9.17) is 4.74 Å². The summed E-state index contributed by atoms with van der Waals surface area (Å²) in [4.78, 5) is 17.0. The lowest BCUT2D eigenvalue weighted by atomic mass is 10.0. The van der Waals surface area contributed by atoms with Crippen LogP contribution in [0.4, 0.5) is 13.2 Å². The van der Waals surface area contributed by atoms with Gasteiger partial charge < -0.3 is 9.72 Å². The SMILES string of the molecule is COc1ccc(C2=NNC(=O)CC2)c2nc(C(F)(F)F)[nH]c12. The average Bonchev–Trinajstić information content (AvgIpc) is 2.92. The molecule has 6 nitrogen and oxygen atoms in total.